The summed E-state index contributed by atoms with van der Waals surface area (Å²) in [6.07, 6.45) is 3.48. The van der Waals surface area contributed by atoms with Gasteiger partial charge in [0.1, 0.15) is 0 Å². The average molecular weight is 322 g/mol. The highest BCUT2D eigenvalue weighted by atomic mass is 16.2. The minimum absolute atomic E-state index is 0.0807. The highest BCUT2D eigenvalue weighted by Gasteiger charge is 2.26. The van der Waals surface area contributed by atoms with E-state index < -0.39 is 0 Å². The molecule has 1 N–H and O–H groups in total. The predicted molar refractivity (Wildman–Crippen MR) is 99.0 cm³/mol. The zero-order chi connectivity index (χ0) is 16.8. The van der Waals surface area contributed by atoms with Crippen molar-refractivity contribution >= 4 is 11.6 Å². The number of nitrogens with zero attached hydrogens (tertiary/aromatic N) is 1. The van der Waals surface area contributed by atoms with Crippen molar-refractivity contribution in [3.8, 4) is 0 Å². The van der Waals surface area contributed by atoms with Crippen LogP contribution in [0.15, 0.2) is 60.7 Å². The maximum atomic E-state index is 12.4. The summed E-state index contributed by atoms with van der Waals surface area (Å²) >= 11 is 0. The van der Waals surface area contributed by atoms with Crippen LogP contribution in [0.1, 0.15) is 25.3 Å². The largest absolute Gasteiger partial charge is 0.325 e. The van der Waals surface area contributed by atoms with E-state index in [1.54, 1.807) is 0 Å². The molecule has 1 atom stereocenters. The van der Waals surface area contributed by atoms with Crippen molar-refractivity contribution in [2.24, 2.45) is 5.92 Å². The molecule has 24 heavy (non-hydrogen) atoms. The van der Waals surface area contributed by atoms with Crippen molar-refractivity contribution in [3.63, 3.8) is 0 Å². The van der Waals surface area contributed by atoms with Crippen molar-refractivity contribution in [2.75, 3.05) is 18.4 Å². The zero-order valence-electron chi connectivity index (χ0n) is 14.3. The minimum atomic E-state index is -0.0807. The SMILES string of the molecule is C[C@H](C(=O)Nc1ccccc1)N1CCC(Cc2ccccc2)CC1. The Morgan fingerprint density at radius 3 is 2.25 bits per heavy atom. The van der Waals surface area contributed by atoms with Gasteiger partial charge < -0.3 is 5.32 Å². The van der Waals surface area contributed by atoms with Crippen LogP contribution in [0, 0.1) is 5.92 Å². The van der Waals surface area contributed by atoms with E-state index in [-0.39, 0.29) is 11.9 Å². The molecule has 2 aromatic carbocycles. The summed E-state index contributed by atoms with van der Waals surface area (Å²) in [4.78, 5) is 14.7. The Balaban J connectivity index is 1.48. The predicted octanol–water partition coefficient (Wildman–Crippen LogP) is 3.97. The van der Waals surface area contributed by atoms with Gasteiger partial charge in [-0.3, -0.25) is 9.69 Å². The van der Waals surface area contributed by atoms with Crippen molar-refractivity contribution in [1.29, 1.82) is 0 Å². The second-order valence-corrected chi connectivity index (χ2v) is 6.70. The molecule has 3 nitrogen and oxygen atoms in total. The third-order valence-corrected chi connectivity index (χ3v) is 4.98. The van der Waals surface area contributed by atoms with Crippen LogP contribution < -0.4 is 5.32 Å². The zero-order valence-corrected chi connectivity index (χ0v) is 14.3. The van der Waals surface area contributed by atoms with Crippen LogP contribution in [0.25, 0.3) is 0 Å². The monoisotopic (exact) mass is 322 g/mol. The van der Waals surface area contributed by atoms with Gasteiger partial charge in [0.15, 0.2) is 0 Å². The number of hydrogen-bond donors (Lipinski definition) is 1. The molecule has 1 fully saturated rings. The lowest BCUT2D eigenvalue weighted by Gasteiger charge is -2.35. The van der Waals surface area contributed by atoms with Gasteiger partial charge in [-0.15, -0.1) is 0 Å². The molecule has 1 amide bonds. The number of rotatable bonds is 5. The first-order valence-corrected chi connectivity index (χ1v) is 8.86. The smallest absolute Gasteiger partial charge is 0.241 e. The van der Waals surface area contributed by atoms with Gasteiger partial charge in [0.2, 0.25) is 5.91 Å². The Bertz CT molecular complexity index is 633. The number of carbonyl (C=O) groups is 1. The van der Waals surface area contributed by atoms with E-state index in [1.807, 2.05) is 37.3 Å². The summed E-state index contributed by atoms with van der Waals surface area (Å²) in [5, 5.41) is 3.01. The fourth-order valence-electron chi connectivity index (χ4n) is 3.43. The van der Waals surface area contributed by atoms with E-state index in [0.717, 1.165) is 44.0 Å². The molecule has 0 bridgehead atoms. The summed E-state index contributed by atoms with van der Waals surface area (Å²) in [5.74, 6) is 0.816. The Kier molecular flexibility index (Phi) is 5.65. The normalized spacial score (nSPS) is 17.4. The topological polar surface area (TPSA) is 32.3 Å². The van der Waals surface area contributed by atoms with Gasteiger partial charge in [0.05, 0.1) is 6.04 Å². The van der Waals surface area contributed by atoms with Gasteiger partial charge in [0.25, 0.3) is 0 Å². The van der Waals surface area contributed by atoms with Crippen molar-refractivity contribution in [1.82, 2.24) is 4.90 Å². The number of carbonyl (C=O) groups excluding carboxylic acids is 1. The molecule has 0 spiro atoms. The van der Waals surface area contributed by atoms with E-state index in [2.05, 4.69) is 40.5 Å². The number of amides is 1. The third kappa shape index (κ3) is 4.45. The van der Waals surface area contributed by atoms with Crippen molar-refractivity contribution in [2.45, 2.75) is 32.2 Å². The molecule has 0 radical (unpaired) electrons. The maximum absolute atomic E-state index is 12.4. The molecule has 1 heterocycles. The summed E-state index contributed by atoms with van der Waals surface area (Å²) in [6.45, 7) is 4.01. The number of para-hydroxylation sites is 1. The fourth-order valence-corrected chi connectivity index (χ4v) is 3.43. The number of nitrogens with one attached hydrogen (secondary N) is 1. The van der Waals surface area contributed by atoms with Crippen LogP contribution in [0.2, 0.25) is 0 Å². The summed E-state index contributed by atoms with van der Waals surface area (Å²) in [5.41, 5.74) is 2.29. The Morgan fingerprint density at radius 2 is 1.62 bits per heavy atom. The molecule has 0 aromatic heterocycles. The van der Waals surface area contributed by atoms with Gasteiger partial charge in [-0.2, -0.15) is 0 Å². The van der Waals surface area contributed by atoms with E-state index in [0.29, 0.717) is 0 Å². The van der Waals surface area contributed by atoms with Crippen LogP contribution in [-0.2, 0) is 11.2 Å². The fraction of sp³-hybridized carbons (Fsp3) is 0.381. The molecular formula is C21H26N2O. The summed E-state index contributed by atoms with van der Waals surface area (Å²) in [6, 6.07) is 20.3. The molecule has 1 aliphatic heterocycles. The van der Waals surface area contributed by atoms with Gasteiger partial charge >= 0.3 is 0 Å². The van der Waals surface area contributed by atoms with Crippen LogP contribution in [-0.4, -0.2) is 29.9 Å². The average Bonchev–Trinajstić information content (AvgIpc) is 2.63. The van der Waals surface area contributed by atoms with Crippen molar-refractivity contribution < 1.29 is 4.79 Å². The molecular weight excluding hydrogens is 296 g/mol. The van der Waals surface area contributed by atoms with E-state index >= 15 is 0 Å². The van der Waals surface area contributed by atoms with E-state index in [4.69, 9.17) is 0 Å². The summed E-state index contributed by atoms with van der Waals surface area (Å²) in [7, 11) is 0. The molecule has 0 aliphatic carbocycles. The quantitative estimate of drug-likeness (QED) is 0.903. The van der Waals surface area contributed by atoms with Gasteiger partial charge in [0, 0.05) is 5.69 Å². The third-order valence-electron chi connectivity index (χ3n) is 4.98. The van der Waals surface area contributed by atoms with E-state index in [1.165, 1.54) is 5.56 Å². The van der Waals surface area contributed by atoms with Gasteiger partial charge in [-0.1, -0.05) is 48.5 Å². The van der Waals surface area contributed by atoms with Crippen molar-refractivity contribution in [3.05, 3.63) is 66.2 Å². The minimum Gasteiger partial charge on any atom is -0.325 e. The van der Waals surface area contributed by atoms with Crippen LogP contribution in [0.3, 0.4) is 0 Å². The molecule has 3 heteroatoms. The maximum Gasteiger partial charge on any atom is 0.241 e. The molecule has 1 aliphatic rings. The van der Waals surface area contributed by atoms with Gasteiger partial charge in [-0.05, 0) is 62.9 Å². The number of likely N-dealkylation sites (tertiary alicyclic amines) is 1. The molecule has 126 valence electrons. The first-order chi connectivity index (χ1) is 11.7. The first-order valence-electron chi connectivity index (χ1n) is 8.86. The second-order valence-electron chi connectivity index (χ2n) is 6.70. The summed E-state index contributed by atoms with van der Waals surface area (Å²) < 4.78 is 0. The van der Waals surface area contributed by atoms with Gasteiger partial charge in [-0.25, -0.2) is 0 Å². The van der Waals surface area contributed by atoms with Crippen LogP contribution in [0.4, 0.5) is 5.69 Å². The highest BCUT2D eigenvalue weighted by Crippen LogP contribution is 2.23. The number of anilines is 1. The molecule has 2 aromatic rings. The lowest BCUT2D eigenvalue weighted by atomic mass is 9.89. The molecule has 0 saturated carbocycles. The second kappa shape index (κ2) is 8.11. The Morgan fingerprint density at radius 1 is 1.04 bits per heavy atom. The molecule has 0 unspecified atom stereocenters. The first kappa shape index (κ1) is 16.7. The molecule has 1 saturated heterocycles. The Hall–Kier alpha value is -2.13. The Labute approximate surface area is 144 Å². The van der Waals surface area contributed by atoms with E-state index in [9.17, 15) is 4.79 Å². The number of piperidine rings is 1. The number of benzene rings is 2. The number of hydrogen-bond acceptors (Lipinski definition) is 2. The molecule has 3 rings (SSSR count). The standard InChI is InChI=1S/C21H26N2O/c1-17(21(24)22-20-10-6-3-7-11-20)23-14-12-19(13-15-23)16-18-8-4-2-5-9-18/h2-11,17,19H,12-16H2,1H3,(H,22,24)/t17-/m1/s1. The highest BCUT2D eigenvalue weighted by molar-refractivity contribution is 5.94. The lowest BCUT2D eigenvalue weighted by molar-refractivity contribution is -0.121. The van der Waals surface area contributed by atoms with Crippen LogP contribution in [0.5, 0.6) is 0 Å². The van der Waals surface area contributed by atoms with Crippen LogP contribution >= 0.6 is 0 Å². The lowest BCUT2D eigenvalue weighted by Crippen LogP contribution is -2.46.